The fraction of sp³-hybridized carbons (Fsp3) is 0.200. The first-order valence-electron chi connectivity index (χ1n) is 7.78. The Hall–Kier alpha value is -2.52. The molecule has 1 atom stereocenters. The Morgan fingerprint density at radius 2 is 1.57 bits per heavy atom. The lowest BCUT2D eigenvalue weighted by Crippen LogP contribution is -2.15. The number of nitrogens with two attached hydrogens (primary N) is 1. The summed E-state index contributed by atoms with van der Waals surface area (Å²) >= 11 is 0. The maximum Gasteiger partial charge on any atom is 0.127 e. The van der Waals surface area contributed by atoms with E-state index in [1.165, 1.54) is 5.39 Å². The minimum Gasteiger partial charge on any atom is -0.496 e. The van der Waals surface area contributed by atoms with Crippen LogP contribution >= 0.6 is 0 Å². The highest BCUT2D eigenvalue weighted by Crippen LogP contribution is 2.27. The molecule has 0 spiro atoms. The van der Waals surface area contributed by atoms with Crippen LogP contribution in [0.2, 0.25) is 0 Å². The average Bonchev–Trinajstić information content (AvgIpc) is 2.61. The van der Waals surface area contributed by atoms with Crippen LogP contribution in [0.1, 0.15) is 18.0 Å². The highest BCUT2D eigenvalue weighted by atomic mass is 16.5. The van der Waals surface area contributed by atoms with Crippen LogP contribution in [0.3, 0.4) is 0 Å². The van der Waals surface area contributed by atoms with Gasteiger partial charge >= 0.3 is 0 Å². The van der Waals surface area contributed by atoms with Gasteiger partial charge in [-0.2, -0.15) is 0 Å². The Labute approximate surface area is 136 Å². The summed E-state index contributed by atoms with van der Waals surface area (Å²) in [7, 11) is 1.66. The summed E-state index contributed by atoms with van der Waals surface area (Å²) in [5, 5.41) is 2.31. The number of rotatable bonds is 6. The van der Waals surface area contributed by atoms with Crippen molar-refractivity contribution in [2.75, 3.05) is 13.7 Å². The SMILES string of the molecule is COc1ccccc1C(N)CCOc1cccc2ccccc12. The molecule has 3 aromatic rings. The van der Waals surface area contributed by atoms with Gasteiger partial charge in [-0.3, -0.25) is 0 Å². The number of para-hydroxylation sites is 1. The van der Waals surface area contributed by atoms with Crippen LogP contribution < -0.4 is 15.2 Å². The second-order valence-electron chi connectivity index (χ2n) is 5.46. The average molecular weight is 307 g/mol. The lowest BCUT2D eigenvalue weighted by atomic mass is 10.0. The quantitative estimate of drug-likeness (QED) is 0.737. The van der Waals surface area contributed by atoms with Gasteiger partial charge in [0.25, 0.3) is 0 Å². The fourth-order valence-electron chi connectivity index (χ4n) is 2.75. The van der Waals surface area contributed by atoms with E-state index in [2.05, 4.69) is 18.2 Å². The van der Waals surface area contributed by atoms with E-state index in [-0.39, 0.29) is 6.04 Å². The molecule has 3 heteroatoms. The third-order valence-electron chi connectivity index (χ3n) is 3.97. The van der Waals surface area contributed by atoms with Gasteiger partial charge in [0.1, 0.15) is 11.5 Å². The largest absolute Gasteiger partial charge is 0.496 e. The minimum absolute atomic E-state index is 0.110. The number of fused-ring (bicyclic) bond motifs is 1. The van der Waals surface area contributed by atoms with E-state index in [0.29, 0.717) is 6.61 Å². The lowest BCUT2D eigenvalue weighted by Gasteiger charge is -2.16. The molecule has 0 bridgehead atoms. The second kappa shape index (κ2) is 7.16. The Balaban J connectivity index is 1.67. The molecular formula is C20H21NO2. The van der Waals surface area contributed by atoms with Gasteiger partial charge in [-0.15, -0.1) is 0 Å². The Morgan fingerprint density at radius 1 is 0.870 bits per heavy atom. The molecule has 0 saturated heterocycles. The van der Waals surface area contributed by atoms with Gasteiger partial charge in [0.15, 0.2) is 0 Å². The lowest BCUT2D eigenvalue weighted by molar-refractivity contribution is 0.300. The maximum atomic E-state index is 6.29. The third kappa shape index (κ3) is 3.46. The zero-order valence-electron chi connectivity index (χ0n) is 13.2. The van der Waals surface area contributed by atoms with Gasteiger partial charge in [-0.05, 0) is 17.5 Å². The summed E-state index contributed by atoms with van der Waals surface area (Å²) in [5.41, 5.74) is 7.30. The van der Waals surface area contributed by atoms with Crippen LogP contribution in [0.5, 0.6) is 11.5 Å². The van der Waals surface area contributed by atoms with Crippen LogP contribution in [0.4, 0.5) is 0 Å². The van der Waals surface area contributed by atoms with Crippen LogP contribution in [0.15, 0.2) is 66.7 Å². The van der Waals surface area contributed by atoms with Crippen LogP contribution in [0.25, 0.3) is 10.8 Å². The first-order chi connectivity index (χ1) is 11.3. The highest BCUT2D eigenvalue weighted by Gasteiger charge is 2.11. The van der Waals surface area contributed by atoms with Crippen molar-refractivity contribution in [1.82, 2.24) is 0 Å². The van der Waals surface area contributed by atoms with E-state index < -0.39 is 0 Å². The number of hydrogen-bond acceptors (Lipinski definition) is 3. The number of methoxy groups -OCH3 is 1. The monoisotopic (exact) mass is 307 g/mol. The smallest absolute Gasteiger partial charge is 0.127 e. The standard InChI is InChI=1S/C20H21NO2/c1-22-19-11-5-4-10-17(19)18(21)13-14-23-20-12-6-8-15-7-2-3-9-16(15)20/h2-12,18H,13-14,21H2,1H3. The van der Waals surface area contributed by atoms with E-state index in [4.69, 9.17) is 15.2 Å². The Kier molecular flexibility index (Phi) is 4.79. The molecule has 0 aliphatic carbocycles. The summed E-state index contributed by atoms with van der Waals surface area (Å²) in [6.45, 7) is 0.563. The molecule has 0 heterocycles. The van der Waals surface area contributed by atoms with Crippen molar-refractivity contribution in [2.24, 2.45) is 5.73 Å². The fourth-order valence-corrected chi connectivity index (χ4v) is 2.75. The van der Waals surface area contributed by atoms with Crippen molar-refractivity contribution in [1.29, 1.82) is 0 Å². The van der Waals surface area contributed by atoms with Crippen molar-refractivity contribution < 1.29 is 9.47 Å². The molecule has 118 valence electrons. The zero-order valence-corrected chi connectivity index (χ0v) is 13.2. The van der Waals surface area contributed by atoms with Crippen LogP contribution in [-0.2, 0) is 0 Å². The molecule has 3 aromatic carbocycles. The van der Waals surface area contributed by atoms with Crippen molar-refractivity contribution in [2.45, 2.75) is 12.5 Å². The summed E-state index contributed by atoms with van der Waals surface area (Å²) < 4.78 is 11.3. The predicted octanol–water partition coefficient (Wildman–Crippen LogP) is 4.32. The van der Waals surface area contributed by atoms with Crippen molar-refractivity contribution in [3.8, 4) is 11.5 Å². The maximum absolute atomic E-state index is 6.29. The molecule has 0 aromatic heterocycles. The van der Waals surface area contributed by atoms with Crippen molar-refractivity contribution >= 4 is 10.8 Å². The Morgan fingerprint density at radius 3 is 2.43 bits per heavy atom. The summed E-state index contributed by atoms with van der Waals surface area (Å²) in [5.74, 6) is 1.72. The summed E-state index contributed by atoms with van der Waals surface area (Å²) in [6, 6.07) is 22.1. The third-order valence-corrected chi connectivity index (χ3v) is 3.97. The van der Waals surface area contributed by atoms with Gasteiger partial charge in [0.05, 0.1) is 13.7 Å². The van der Waals surface area contributed by atoms with Gasteiger partial charge in [-0.25, -0.2) is 0 Å². The van der Waals surface area contributed by atoms with Crippen molar-refractivity contribution in [3.63, 3.8) is 0 Å². The molecule has 1 unspecified atom stereocenters. The van der Waals surface area contributed by atoms with E-state index in [0.717, 1.165) is 28.9 Å². The molecule has 0 radical (unpaired) electrons. The summed E-state index contributed by atoms with van der Waals surface area (Å²) in [6.07, 6.45) is 0.726. The zero-order chi connectivity index (χ0) is 16.1. The minimum atomic E-state index is -0.110. The van der Waals surface area contributed by atoms with E-state index >= 15 is 0 Å². The van der Waals surface area contributed by atoms with Gasteiger partial charge in [0.2, 0.25) is 0 Å². The molecule has 0 amide bonds. The first-order valence-corrected chi connectivity index (χ1v) is 7.78. The van der Waals surface area contributed by atoms with E-state index in [1.54, 1.807) is 7.11 Å². The molecule has 3 rings (SSSR count). The predicted molar refractivity (Wildman–Crippen MR) is 94.0 cm³/mol. The molecule has 0 fully saturated rings. The number of hydrogen-bond donors (Lipinski definition) is 1. The van der Waals surface area contributed by atoms with Crippen molar-refractivity contribution in [3.05, 3.63) is 72.3 Å². The van der Waals surface area contributed by atoms with Crippen LogP contribution in [-0.4, -0.2) is 13.7 Å². The Bertz CT molecular complexity index is 780. The van der Waals surface area contributed by atoms with E-state index in [9.17, 15) is 0 Å². The number of ether oxygens (including phenoxy) is 2. The van der Waals surface area contributed by atoms with Crippen LogP contribution in [0, 0.1) is 0 Å². The van der Waals surface area contributed by atoms with Gasteiger partial charge in [0, 0.05) is 23.4 Å². The molecule has 0 aliphatic rings. The molecule has 2 N–H and O–H groups in total. The van der Waals surface area contributed by atoms with Gasteiger partial charge < -0.3 is 15.2 Å². The molecule has 0 aliphatic heterocycles. The topological polar surface area (TPSA) is 44.5 Å². The summed E-state index contributed by atoms with van der Waals surface area (Å²) in [4.78, 5) is 0. The van der Waals surface area contributed by atoms with Gasteiger partial charge in [-0.1, -0.05) is 54.6 Å². The van der Waals surface area contributed by atoms with E-state index in [1.807, 2.05) is 48.5 Å². The molecule has 3 nitrogen and oxygen atoms in total. The normalized spacial score (nSPS) is 12.1. The first kappa shape index (κ1) is 15.4. The molecule has 23 heavy (non-hydrogen) atoms. The molecular weight excluding hydrogens is 286 g/mol. The highest BCUT2D eigenvalue weighted by molar-refractivity contribution is 5.88. The molecule has 0 saturated carbocycles. The number of benzene rings is 3. The second-order valence-corrected chi connectivity index (χ2v) is 5.46.